The molecule has 5 nitrogen and oxygen atoms in total. The zero-order chi connectivity index (χ0) is 17.0. The van der Waals surface area contributed by atoms with Crippen molar-refractivity contribution < 1.29 is 24.6 Å². The van der Waals surface area contributed by atoms with E-state index in [1.54, 1.807) is 18.2 Å². The largest absolute Gasteiger partial charge is 0.508 e. The van der Waals surface area contributed by atoms with Crippen LogP contribution in [0.5, 0.6) is 11.5 Å². The molecule has 0 aliphatic rings. The summed E-state index contributed by atoms with van der Waals surface area (Å²) in [4.78, 5) is 18.7. The highest BCUT2D eigenvalue weighted by Gasteiger charge is 2.18. The van der Waals surface area contributed by atoms with Crippen LogP contribution >= 0.6 is 18.2 Å². The number of aromatic hydroxyl groups is 2. The second-order valence-corrected chi connectivity index (χ2v) is 8.98. The van der Waals surface area contributed by atoms with Gasteiger partial charge in [-0.3, -0.25) is 0 Å². The Morgan fingerprint density at radius 2 is 1.65 bits per heavy atom. The van der Waals surface area contributed by atoms with E-state index in [1.807, 2.05) is 19.1 Å². The van der Waals surface area contributed by atoms with E-state index in [2.05, 4.69) is 0 Å². The lowest BCUT2D eigenvalue weighted by atomic mass is 9.94. The van der Waals surface area contributed by atoms with Gasteiger partial charge in [0.15, 0.2) is 0 Å². The Morgan fingerprint density at radius 1 is 1.04 bits per heavy atom. The molecule has 0 fully saturated rings. The maximum Gasteiger partial charge on any atom is 0.388 e. The summed E-state index contributed by atoms with van der Waals surface area (Å²) in [6.07, 6.45) is 1.34. The van der Waals surface area contributed by atoms with Gasteiger partial charge in [-0.25, -0.2) is 4.57 Å². The van der Waals surface area contributed by atoms with Crippen molar-refractivity contribution in [3.8, 4) is 11.5 Å². The molecule has 0 saturated carbocycles. The van der Waals surface area contributed by atoms with Crippen molar-refractivity contribution in [1.82, 2.24) is 0 Å². The summed E-state index contributed by atoms with van der Waals surface area (Å²) >= 11 is 0.508. The summed E-state index contributed by atoms with van der Waals surface area (Å²) in [6, 6.07) is 11.5. The minimum Gasteiger partial charge on any atom is -0.508 e. The van der Waals surface area contributed by atoms with Crippen LogP contribution in [0.4, 0.5) is 0 Å². The molecule has 0 aliphatic heterocycles. The van der Waals surface area contributed by atoms with Gasteiger partial charge in [-0.15, -0.1) is 0 Å². The maximum absolute atomic E-state index is 11.2. The molecule has 0 heterocycles. The van der Waals surface area contributed by atoms with Gasteiger partial charge in [-0.2, -0.15) is 0 Å². The van der Waals surface area contributed by atoms with Crippen LogP contribution in [0.3, 0.4) is 0 Å². The van der Waals surface area contributed by atoms with Crippen molar-refractivity contribution in [3.63, 3.8) is 0 Å². The van der Waals surface area contributed by atoms with Crippen LogP contribution in [0.25, 0.3) is 0 Å². The third-order valence-electron chi connectivity index (χ3n) is 3.57. The SMILES string of the molecule is CC(CCc1cc(O)ccc1SP(=O)(O)O)c1ccc(O)cc1. The Labute approximate surface area is 138 Å². The van der Waals surface area contributed by atoms with Gasteiger partial charge in [-0.05, 0) is 71.6 Å². The van der Waals surface area contributed by atoms with Crippen molar-refractivity contribution in [3.05, 3.63) is 53.6 Å². The molecule has 0 saturated heterocycles. The van der Waals surface area contributed by atoms with Gasteiger partial charge >= 0.3 is 6.80 Å². The van der Waals surface area contributed by atoms with Crippen LogP contribution in [0.1, 0.15) is 30.4 Å². The molecule has 23 heavy (non-hydrogen) atoms. The van der Waals surface area contributed by atoms with Crippen molar-refractivity contribution >= 4 is 18.2 Å². The highest BCUT2D eigenvalue weighted by molar-refractivity contribution is 8.54. The van der Waals surface area contributed by atoms with Crippen LogP contribution in [0.2, 0.25) is 0 Å². The van der Waals surface area contributed by atoms with E-state index in [9.17, 15) is 14.8 Å². The molecule has 0 aromatic heterocycles. The Hall–Kier alpha value is -1.46. The quantitative estimate of drug-likeness (QED) is 0.585. The second kappa shape index (κ2) is 7.41. The van der Waals surface area contributed by atoms with E-state index in [4.69, 9.17) is 9.79 Å². The topological polar surface area (TPSA) is 98.0 Å². The molecule has 0 amide bonds. The average Bonchev–Trinajstić information content (AvgIpc) is 2.46. The fraction of sp³-hybridized carbons (Fsp3) is 0.250. The summed E-state index contributed by atoms with van der Waals surface area (Å²) < 4.78 is 11.2. The van der Waals surface area contributed by atoms with Gasteiger partial charge < -0.3 is 20.0 Å². The van der Waals surface area contributed by atoms with E-state index >= 15 is 0 Å². The van der Waals surface area contributed by atoms with E-state index in [-0.39, 0.29) is 17.4 Å². The van der Waals surface area contributed by atoms with Gasteiger partial charge in [0.25, 0.3) is 0 Å². The molecule has 2 rings (SSSR count). The second-order valence-electron chi connectivity index (χ2n) is 5.41. The van der Waals surface area contributed by atoms with Gasteiger partial charge in [-0.1, -0.05) is 19.1 Å². The highest BCUT2D eigenvalue weighted by atomic mass is 32.7. The first-order valence-corrected chi connectivity index (χ1v) is 10.1. The standard InChI is InChI=1S/C16H19O5PS/c1-11(12-4-6-14(17)7-5-12)2-3-13-10-15(18)8-9-16(13)23-22(19,20)21/h4-11,17-18H,2-3H2,1H3,(H2,19,20,21). The molecule has 7 heteroatoms. The van der Waals surface area contributed by atoms with Crippen LogP contribution in [0, 0.1) is 0 Å². The smallest absolute Gasteiger partial charge is 0.388 e. The Morgan fingerprint density at radius 3 is 2.26 bits per heavy atom. The van der Waals surface area contributed by atoms with E-state index in [1.165, 1.54) is 12.1 Å². The lowest BCUT2D eigenvalue weighted by Crippen LogP contribution is -1.97. The number of benzene rings is 2. The summed E-state index contributed by atoms with van der Waals surface area (Å²) in [5.41, 5.74) is 1.79. The molecule has 0 spiro atoms. The van der Waals surface area contributed by atoms with E-state index in [0.29, 0.717) is 28.3 Å². The first-order chi connectivity index (χ1) is 10.7. The number of rotatable bonds is 6. The van der Waals surface area contributed by atoms with Crippen molar-refractivity contribution in [2.45, 2.75) is 30.6 Å². The number of hydrogen-bond acceptors (Lipinski definition) is 4. The van der Waals surface area contributed by atoms with Crippen LogP contribution < -0.4 is 0 Å². The van der Waals surface area contributed by atoms with Gasteiger partial charge in [0.2, 0.25) is 0 Å². The summed E-state index contributed by atoms with van der Waals surface area (Å²) in [5.74, 6) is 0.507. The first-order valence-electron chi connectivity index (χ1n) is 7.10. The number of hydrogen-bond donors (Lipinski definition) is 4. The Balaban J connectivity index is 2.11. The number of phenols is 2. The minimum atomic E-state index is -4.23. The molecule has 0 bridgehead atoms. The number of phenolic OH excluding ortho intramolecular Hbond substituents is 2. The van der Waals surface area contributed by atoms with Crippen molar-refractivity contribution in [2.24, 2.45) is 0 Å². The van der Waals surface area contributed by atoms with Crippen molar-refractivity contribution in [1.29, 1.82) is 0 Å². The summed E-state index contributed by atoms with van der Waals surface area (Å²) in [6.45, 7) is -2.19. The molecule has 0 radical (unpaired) electrons. The predicted molar refractivity (Wildman–Crippen MR) is 90.9 cm³/mol. The van der Waals surface area contributed by atoms with Crippen LogP contribution in [0.15, 0.2) is 47.4 Å². The molecular weight excluding hydrogens is 335 g/mol. The predicted octanol–water partition coefficient (Wildman–Crippen LogP) is 4.02. The normalized spacial score (nSPS) is 13.0. The molecule has 2 aromatic rings. The summed E-state index contributed by atoms with van der Waals surface area (Å²) in [7, 11) is 0. The Bertz CT molecular complexity index is 711. The van der Waals surface area contributed by atoms with Crippen LogP contribution in [-0.2, 0) is 11.0 Å². The molecule has 1 unspecified atom stereocenters. The molecule has 0 aliphatic carbocycles. The lowest BCUT2D eigenvalue weighted by molar-refractivity contribution is 0.397. The average molecular weight is 354 g/mol. The fourth-order valence-electron chi connectivity index (χ4n) is 2.32. The monoisotopic (exact) mass is 354 g/mol. The van der Waals surface area contributed by atoms with Gasteiger partial charge in [0.1, 0.15) is 11.5 Å². The first kappa shape index (κ1) is 17.9. The van der Waals surface area contributed by atoms with Gasteiger partial charge in [0.05, 0.1) is 0 Å². The van der Waals surface area contributed by atoms with E-state index < -0.39 is 6.80 Å². The van der Waals surface area contributed by atoms with E-state index in [0.717, 1.165) is 12.0 Å². The van der Waals surface area contributed by atoms with Gasteiger partial charge in [0, 0.05) is 4.90 Å². The minimum absolute atomic E-state index is 0.0762. The summed E-state index contributed by atoms with van der Waals surface area (Å²) in [5, 5.41) is 18.9. The number of aryl methyl sites for hydroxylation is 1. The molecule has 2 aromatic carbocycles. The molecule has 1 atom stereocenters. The molecule has 124 valence electrons. The third kappa shape index (κ3) is 5.59. The van der Waals surface area contributed by atoms with Crippen molar-refractivity contribution in [2.75, 3.05) is 0 Å². The highest BCUT2D eigenvalue weighted by Crippen LogP contribution is 2.55. The van der Waals surface area contributed by atoms with Crippen LogP contribution in [-0.4, -0.2) is 20.0 Å². The molecular formula is C16H19O5PS. The maximum atomic E-state index is 11.2. The zero-order valence-electron chi connectivity index (χ0n) is 12.6. The fourth-order valence-corrected chi connectivity index (χ4v) is 4.29. The molecule has 4 N–H and O–H groups in total. The zero-order valence-corrected chi connectivity index (χ0v) is 14.3. The third-order valence-corrected chi connectivity index (χ3v) is 5.71. The Kier molecular flexibility index (Phi) is 5.76. The lowest BCUT2D eigenvalue weighted by Gasteiger charge is -2.14.